The SMILES string of the molecule is ON=Cc1cccc(Br)c1O. The number of benzene rings is 1. The van der Waals surface area contributed by atoms with Crippen molar-refractivity contribution in [1.82, 2.24) is 0 Å². The van der Waals surface area contributed by atoms with Gasteiger partial charge in [-0.05, 0) is 28.1 Å². The van der Waals surface area contributed by atoms with Crippen molar-refractivity contribution in [2.75, 3.05) is 0 Å². The number of aromatic hydroxyl groups is 1. The van der Waals surface area contributed by atoms with Gasteiger partial charge >= 0.3 is 0 Å². The topological polar surface area (TPSA) is 52.8 Å². The first-order valence-corrected chi connectivity index (χ1v) is 3.70. The number of hydrogen-bond donors (Lipinski definition) is 2. The van der Waals surface area contributed by atoms with Crippen molar-refractivity contribution in [2.24, 2.45) is 5.16 Å². The van der Waals surface area contributed by atoms with Crippen LogP contribution < -0.4 is 0 Å². The number of phenols is 1. The van der Waals surface area contributed by atoms with E-state index in [2.05, 4.69) is 21.1 Å². The van der Waals surface area contributed by atoms with E-state index in [-0.39, 0.29) is 5.75 Å². The summed E-state index contributed by atoms with van der Waals surface area (Å²) in [5.74, 6) is 0.0744. The monoisotopic (exact) mass is 215 g/mol. The Bertz CT molecular complexity index is 286. The highest BCUT2D eigenvalue weighted by molar-refractivity contribution is 9.10. The highest BCUT2D eigenvalue weighted by atomic mass is 79.9. The lowest BCUT2D eigenvalue weighted by Crippen LogP contribution is -1.82. The third kappa shape index (κ3) is 1.71. The molecule has 0 saturated carbocycles. The zero-order chi connectivity index (χ0) is 8.27. The first-order chi connectivity index (χ1) is 5.25. The minimum atomic E-state index is 0.0744. The zero-order valence-corrected chi connectivity index (χ0v) is 7.12. The summed E-state index contributed by atoms with van der Waals surface area (Å²) in [7, 11) is 0. The van der Waals surface area contributed by atoms with Gasteiger partial charge in [0.1, 0.15) is 5.75 Å². The molecule has 1 aromatic carbocycles. The Morgan fingerprint density at radius 2 is 2.18 bits per heavy atom. The largest absolute Gasteiger partial charge is 0.506 e. The molecule has 1 rings (SSSR count). The summed E-state index contributed by atoms with van der Waals surface area (Å²) in [6.07, 6.45) is 1.17. The van der Waals surface area contributed by atoms with Crippen molar-refractivity contribution in [1.29, 1.82) is 0 Å². The fourth-order valence-corrected chi connectivity index (χ4v) is 1.08. The lowest BCUT2D eigenvalue weighted by atomic mass is 10.2. The van der Waals surface area contributed by atoms with E-state index in [1.165, 1.54) is 6.21 Å². The van der Waals surface area contributed by atoms with E-state index < -0.39 is 0 Å². The molecular formula is C7H6BrNO2. The molecule has 0 spiro atoms. The molecule has 0 fully saturated rings. The van der Waals surface area contributed by atoms with Gasteiger partial charge in [0.05, 0.1) is 10.7 Å². The minimum Gasteiger partial charge on any atom is -0.506 e. The van der Waals surface area contributed by atoms with Gasteiger partial charge in [-0.15, -0.1) is 0 Å². The third-order valence-electron chi connectivity index (χ3n) is 1.21. The lowest BCUT2D eigenvalue weighted by Gasteiger charge is -1.98. The normalized spacial score (nSPS) is 10.6. The molecule has 0 atom stereocenters. The number of phenolic OH excluding ortho intramolecular Hbond substituents is 1. The van der Waals surface area contributed by atoms with Crippen LogP contribution in [-0.2, 0) is 0 Å². The predicted octanol–water partition coefficient (Wildman–Crippen LogP) is 1.96. The molecule has 3 nitrogen and oxygen atoms in total. The lowest BCUT2D eigenvalue weighted by molar-refractivity contribution is 0.321. The molecule has 11 heavy (non-hydrogen) atoms. The molecule has 0 saturated heterocycles. The van der Waals surface area contributed by atoms with Gasteiger partial charge in [-0.2, -0.15) is 0 Å². The van der Waals surface area contributed by atoms with E-state index in [0.29, 0.717) is 10.0 Å². The summed E-state index contributed by atoms with van der Waals surface area (Å²) in [5, 5.41) is 20.3. The van der Waals surface area contributed by atoms with Gasteiger partial charge in [0.25, 0.3) is 0 Å². The number of nitrogens with zero attached hydrogens (tertiary/aromatic N) is 1. The molecule has 0 aliphatic rings. The third-order valence-corrected chi connectivity index (χ3v) is 1.85. The second kappa shape index (κ2) is 3.39. The van der Waals surface area contributed by atoms with E-state index in [9.17, 15) is 5.11 Å². The highest BCUT2D eigenvalue weighted by Crippen LogP contribution is 2.25. The Kier molecular flexibility index (Phi) is 2.48. The standard InChI is InChI=1S/C7H6BrNO2/c8-6-3-1-2-5(4-9-11)7(6)10/h1-4,10-11H. The molecule has 0 aliphatic heterocycles. The number of oxime groups is 1. The summed E-state index contributed by atoms with van der Waals surface area (Å²) < 4.78 is 0.579. The number of halogens is 1. The van der Waals surface area contributed by atoms with Gasteiger partial charge in [0.15, 0.2) is 0 Å². The van der Waals surface area contributed by atoms with E-state index in [1.54, 1.807) is 18.2 Å². The van der Waals surface area contributed by atoms with Crippen molar-refractivity contribution >= 4 is 22.1 Å². The molecule has 0 aromatic heterocycles. The molecule has 0 amide bonds. The number of hydrogen-bond acceptors (Lipinski definition) is 3. The Balaban J connectivity index is 3.16. The van der Waals surface area contributed by atoms with E-state index in [4.69, 9.17) is 5.21 Å². The van der Waals surface area contributed by atoms with Crippen LogP contribution in [0.25, 0.3) is 0 Å². The van der Waals surface area contributed by atoms with Crippen LogP contribution in [-0.4, -0.2) is 16.5 Å². The van der Waals surface area contributed by atoms with Crippen LogP contribution in [0.2, 0.25) is 0 Å². The molecule has 2 N–H and O–H groups in total. The number of rotatable bonds is 1. The van der Waals surface area contributed by atoms with Crippen molar-refractivity contribution in [3.05, 3.63) is 28.2 Å². The van der Waals surface area contributed by atoms with Crippen molar-refractivity contribution in [3.63, 3.8) is 0 Å². The summed E-state index contributed by atoms with van der Waals surface area (Å²) in [5.41, 5.74) is 0.474. The molecular weight excluding hydrogens is 210 g/mol. The van der Waals surface area contributed by atoms with E-state index in [0.717, 1.165) is 0 Å². The zero-order valence-electron chi connectivity index (χ0n) is 5.53. The van der Waals surface area contributed by atoms with Crippen LogP contribution in [0.1, 0.15) is 5.56 Å². The first-order valence-electron chi connectivity index (χ1n) is 2.90. The fourth-order valence-electron chi connectivity index (χ4n) is 0.698. The summed E-state index contributed by atoms with van der Waals surface area (Å²) >= 11 is 3.12. The Labute approximate surface area is 72.1 Å². The van der Waals surface area contributed by atoms with Gasteiger partial charge in [0, 0.05) is 5.56 Å². The quantitative estimate of drug-likeness (QED) is 0.428. The van der Waals surface area contributed by atoms with Gasteiger partial charge in [-0.25, -0.2) is 0 Å². The molecule has 0 aliphatic carbocycles. The van der Waals surface area contributed by atoms with Gasteiger partial charge in [-0.1, -0.05) is 11.2 Å². The molecule has 1 aromatic rings. The second-order valence-electron chi connectivity index (χ2n) is 1.92. The molecule has 0 radical (unpaired) electrons. The highest BCUT2D eigenvalue weighted by Gasteiger charge is 2.00. The Morgan fingerprint density at radius 1 is 1.45 bits per heavy atom. The maximum atomic E-state index is 9.28. The maximum Gasteiger partial charge on any atom is 0.138 e. The van der Waals surface area contributed by atoms with E-state index in [1.807, 2.05) is 0 Å². The summed E-state index contributed by atoms with van der Waals surface area (Å²) in [6.45, 7) is 0. The summed E-state index contributed by atoms with van der Waals surface area (Å²) in [6, 6.07) is 5.07. The average molecular weight is 216 g/mol. The Morgan fingerprint density at radius 3 is 2.82 bits per heavy atom. The average Bonchev–Trinajstić information content (AvgIpc) is 1.99. The fraction of sp³-hybridized carbons (Fsp3) is 0. The predicted molar refractivity (Wildman–Crippen MR) is 45.2 cm³/mol. The molecule has 0 bridgehead atoms. The molecule has 4 heteroatoms. The summed E-state index contributed by atoms with van der Waals surface area (Å²) in [4.78, 5) is 0. The smallest absolute Gasteiger partial charge is 0.138 e. The molecule has 0 heterocycles. The second-order valence-corrected chi connectivity index (χ2v) is 2.78. The molecule has 0 unspecified atom stereocenters. The molecule has 58 valence electrons. The van der Waals surface area contributed by atoms with Crippen LogP contribution in [0.15, 0.2) is 27.8 Å². The minimum absolute atomic E-state index is 0.0744. The maximum absolute atomic E-state index is 9.28. The van der Waals surface area contributed by atoms with E-state index >= 15 is 0 Å². The number of para-hydroxylation sites is 1. The van der Waals surface area contributed by atoms with Crippen molar-refractivity contribution < 1.29 is 10.3 Å². The van der Waals surface area contributed by atoms with Crippen LogP contribution >= 0.6 is 15.9 Å². The Hall–Kier alpha value is -1.03. The van der Waals surface area contributed by atoms with Crippen LogP contribution in [0.4, 0.5) is 0 Å². The van der Waals surface area contributed by atoms with Crippen LogP contribution in [0.3, 0.4) is 0 Å². The first kappa shape index (κ1) is 8.07. The van der Waals surface area contributed by atoms with Gasteiger partial charge in [-0.3, -0.25) is 0 Å². The van der Waals surface area contributed by atoms with Crippen molar-refractivity contribution in [3.8, 4) is 5.75 Å². The van der Waals surface area contributed by atoms with Gasteiger partial charge in [0.2, 0.25) is 0 Å². The van der Waals surface area contributed by atoms with Crippen molar-refractivity contribution in [2.45, 2.75) is 0 Å². The van der Waals surface area contributed by atoms with Crippen LogP contribution in [0.5, 0.6) is 5.75 Å². The van der Waals surface area contributed by atoms with Crippen LogP contribution in [0, 0.1) is 0 Å². The van der Waals surface area contributed by atoms with Gasteiger partial charge < -0.3 is 10.3 Å².